The summed E-state index contributed by atoms with van der Waals surface area (Å²) >= 11 is 5.02. The van der Waals surface area contributed by atoms with Crippen LogP contribution < -0.4 is 22.5 Å². The molecule has 0 saturated carbocycles. The van der Waals surface area contributed by atoms with Crippen LogP contribution in [0.5, 0.6) is 0 Å². The van der Waals surface area contributed by atoms with Crippen LogP contribution in [0, 0.1) is 0 Å². The second-order valence-corrected chi connectivity index (χ2v) is 6.89. The molecule has 0 unspecified atom stereocenters. The number of anilines is 3. The van der Waals surface area contributed by atoms with Crippen molar-refractivity contribution in [3.63, 3.8) is 0 Å². The van der Waals surface area contributed by atoms with Gasteiger partial charge >= 0.3 is 0 Å². The van der Waals surface area contributed by atoms with Crippen LogP contribution in [-0.2, 0) is 0 Å². The van der Waals surface area contributed by atoms with Crippen molar-refractivity contribution in [3.05, 3.63) is 39.2 Å². The molecule has 6 nitrogen and oxygen atoms in total. The number of nitrogens with zero attached hydrogens (tertiary/aromatic N) is 2. The van der Waals surface area contributed by atoms with Crippen molar-refractivity contribution in [2.75, 3.05) is 16.8 Å². The Bertz CT molecular complexity index is 759. The number of thioether (sulfide) groups is 1. The Labute approximate surface area is 140 Å². The van der Waals surface area contributed by atoms with E-state index < -0.39 is 0 Å². The highest BCUT2D eigenvalue weighted by Gasteiger charge is 2.26. The standard InChI is InChI=1S/C14H15BrN6S/c1-6-9-11(16)20-14(18)21-13(9)19-12(17)10(6)22-8-4-2-7(15)3-5-8/h2-5,12H,17H2,1H3,(H5,16,18,19,20,21)/t12-/m1/s1. The number of hydrogen-bond acceptors (Lipinski definition) is 7. The predicted octanol–water partition coefficient (Wildman–Crippen LogP) is 2.64. The highest BCUT2D eigenvalue weighted by atomic mass is 79.9. The van der Waals surface area contributed by atoms with E-state index in [0.29, 0.717) is 11.6 Å². The van der Waals surface area contributed by atoms with Crippen LogP contribution in [-0.4, -0.2) is 16.1 Å². The molecule has 8 heteroatoms. The average Bonchev–Trinajstić information content (AvgIpc) is 2.44. The second-order valence-electron chi connectivity index (χ2n) is 4.86. The lowest BCUT2D eigenvalue weighted by atomic mass is 10.0. The molecule has 1 aliphatic rings. The van der Waals surface area contributed by atoms with E-state index in [1.165, 1.54) is 0 Å². The van der Waals surface area contributed by atoms with Crippen molar-refractivity contribution in [3.8, 4) is 0 Å². The summed E-state index contributed by atoms with van der Waals surface area (Å²) in [5, 5.41) is 3.13. The maximum atomic E-state index is 6.22. The summed E-state index contributed by atoms with van der Waals surface area (Å²) in [6, 6.07) is 8.04. The van der Waals surface area contributed by atoms with Gasteiger partial charge in [0.1, 0.15) is 17.8 Å². The smallest absolute Gasteiger partial charge is 0.223 e. The highest BCUT2D eigenvalue weighted by Crippen LogP contribution is 2.41. The summed E-state index contributed by atoms with van der Waals surface area (Å²) in [6.07, 6.45) is -0.366. The van der Waals surface area contributed by atoms with Gasteiger partial charge in [0.25, 0.3) is 0 Å². The zero-order chi connectivity index (χ0) is 15.9. The molecule has 2 heterocycles. The largest absolute Gasteiger partial charge is 0.383 e. The van der Waals surface area contributed by atoms with Crippen molar-refractivity contribution in [2.45, 2.75) is 18.0 Å². The summed E-state index contributed by atoms with van der Waals surface area (Å²) in [5.74, 6) is 1.07. The maximum Gasteiger partial charge on any atom is 0.223 e. The minimum atomic E-state index is -0.366. The average molecular weight is 379 g/mol. The van der Waals surface area contributed by atoms with Crippen molar-refractivity contribution >= 4 is 50.8 Å². The van der Waals surface area contributed by atoms with Crippen LogP contribution in [0.1, 0.15) is 12.5 Å². The minimum Gasteiger partial charge on any atom is -0.383 e. The number of halogens is 1. The Morgan fingerprint density at radius 1 is 1.18 bits per heavy atom. The molecule has 1 aromatic carbocycles. The summed E-state index contributed by atoms with van der Waals surface area (Å²) < 4.78 is 1.03. The van der Waals surface area contributed by atoms with Crippen LogP contribution in [0.15, 0.2) is 38.5 Å². The Hall–Kier alpha value is -1.77. The molecule has 1 atom stereocenters. The zero-order valence-corrected chi connectivity index (χ0v) is 14.2. The number of aromatic nitrogens is 2. The van der Waals surface area contributed by atoms with Crippen molar-refractivity contribution in [2.24, 2.45) is 5.73 Å². The van der Waals surface area contributed by atoms with E-state index in [2.05, 4.69) is 31.2 Å². The van der Waals surface area contributed by atoms with Gasteiger partial charge in [-0.15, -0.1) is 0 Å². The van der Waals surface area contributed by atoms with Crippen LogP contribution >= 0.6 is 27.7 Å². The third-order valence-corrected chi connectivity index (χ3v) is 5.13. The molecule has 0 bridgehead atoms. The first kappa shape index (κ1) is 15.1. The molecule has 0 spiro atoms. The maximum absolute atomic E-state index is 6.22. The topological polar surface area (TPSA) is 116 Å². The van der Waals surface area contributed by atoms with Gasteiger partial charge in [-0.05, 0) is 36.8 Å². The molecule has 2 aromatic rings. The Kier molecular flexibility index (Phi) is 3.98. The lowest BCUT2D eigenvalue weighted by Crippen LogP contribution is -2.35. The zero-order valence-electron chi connectivity index (χ0n) is 11.8. The van der Waals surface area contributed by atoms with Gasteiger partial charge < -0.3 is 22.5 Å². The highest BCUT2D eigenvalue weighted by molar-refractivity contribution is 9.10. The van der Waals surface area contributed by atoms with Gasteiger partial charge in [-0.3, -0.25) is 0 Å². The Morgan fingerprint density at radius 3 is 2.55 bits per heavy atom. The fourth-order valence-electron chi connectivity index (χ4n) is 2.31. The van der Waals surface area contributed by atoms with Gasteiger partial charge in [-0.2, -0.15) is 9.97 Å². The van der Waals surface area contributed by atoms with E-state index in [1.807, 2.05) is 31.2 Å². The molecule has 0 fully saturated rings. The van der Waals surface area contributed by atoms with Crippen LogP contribution in [0.2, 0.25) is 0 Å². The Balaban J connectivity index is 2.04. The van der Waals surface area contributed by atoms with Gasteiger partial charge in [0.15, 0.2) is 0 Å². The molecule has 0 aliphatic carbocycles. The third kappa shape index (κ3) is 2.77. The second kappa shape index (κ2) is 5.79. The number of rotatable bonds is 2. The summed E-state index contributed by atoms with van der Waals surface area (Å²) in [7, 11) is 0. The van der Waals surface area contributed by atoms with Crippen molar-refractivity contribution in [1.82, 2.24) is 9.97 Å². The monoisotopic (exact) mass is 378 g/mol. The molecule has 22 heavy (non-hydrogen) atoms. The molecule has 0 amide bonds. The Morgan fingerprint density at radius 2 is 1.86 bits per heavy atom. The van der Waals surface area contributed by atoms with Gasteiger partial charge in [0.2, 0.25) is 5.95 Å². The van der Waals surface area contributed by atoms with Gasteiger partial charge in [-0.1, -0.05) is 27.7 Å². The van der Waals surface area contributed by atoms with Crippen LogP contribution in [0.4, 0.5) is 17.6 Å². The van der Waals surface area contributed by atoms with Crippen LogP contribution in [0.25, 0.3) is 5.57 Å². The lowest BCUT2D eigenvalue weighted by Gasteiger charge is -2.28. The SMILES string of the molecule is CC1=C(Sc2ccc(Br)cc2)[C@H](N)Nc2nc(N)nc(N)c21. The van der Waals surface area contributed by atoms with E-state index in [9.17, 15) is 0 Å². The van der Waals surface area contributed by atoms with E-state index in [0.717, 1.165) is 25.4 Å². The lowest BCUT2D eigenvalue weighted by molar-refractivity contribution is 0.900. The third-order valence-electron chi connectivity index (χ3n) is 3.32. The van der Waals surface area contributed by atoms with Crippen molar-refractivity contribution in [1.29, 1.82) is 0 Å². The summed E-state index contributed by atoms with van der Waals surface area (Å²) in [5.41, 5.74) is 19.6. The fraction of sp³-hybridized carbons (Fsp3) is 0.143. The van der Waals surface area contributed by atoms with E-state index >= 15 is 0 Å². The molecule has 1 aliphatic heterocycles. The van der Waals surface area contributed by atoms with Gasteiger partial charge in [0.05, 0.1) is 5.56 Å². The molecule has 0 saturated heterocycles. The molecule has 7 N–H and O–H groups in total. The molecule has 0 radical (unpaired) electrons. The normalized spacial score (nSPS) is 17.1. The van der Waals surface area contributed by atoms with Crippen molar-refractivity contribution < 1.29 is 0 Å². The molecule has 114 valence electrons. The number of nitrogens with one attached hydrogen (secondary N) is 1. The quantitative estimate of drug-likeness (QED) is 0.634. The first-order chi connectivity index (χ1) is 10.5. The van der Waals surface area contributed by atoms with E-state index in [4.69, 9.17) is 17.2 Å². The number of fused-ring (bicyclic) bond motifs is 1. The molecule has 3 rings (SSSR count). The molecule has 1 aromatic heterocycles. The van der Waals surface area contributed by atoms with Crippen LogP contribution in [0.3, 0.4) is 0 Å². The molecular weight excluding hydrogens is 364 g/mol. The first-order valence-corrected chi connectivity index (χ1v) is 8.16. The number of hydrogen-bond donors (Lipinski definition) is 4. The molecular formula is C14H15BrN6S. The minimum absolute atomic E-state index is 0.132. The van der Waals surface area contributed by atoms with Gasteiger partial charge in [0, 0.05) is 14.3 Å². The van der Waals surface area contributed by atoms with Gasteiger partial charge in [-0.25, -0.2) is 0 Å². The number of nitrogen functional groups attached to an aromatic ring is 2. The fourth-order valence-corrected chi connectivity index (χ4v) is 3.54. The predicted molar refractivity (Wildman–Crippen MR) is 95.0 cm³/mol. The number of benzene rings is 1. The van der Waals surface area contributed by atoms with E-state index in [1.54, 1.807) is 11.8 Å². The number of allylic oxidation sites excluding steroid dienone is 1. The summed E-state index contributed by atoms with van der Waals surface area (Å²) in [6.45, 7) is 1.97. The van der Waals surface area contributed by atoms with E-state index in [-0.39, 0.29) is 12.1 Å². The summed E-state index contributed by atoms with van der Waals surface area (Å²) in [4.78, 5) is 10.3. The first-order valence-electron chi connectivity index (χ1n) is 6.55. The number of nitrogens with two attached hydrogens (primary N) is 3.